The standard InChI is InChI=1S/C7H9N3O4S/c1-14-5(7(12)13)3-8-6(11)4-2-9-15-10-4/h2,5H,3H2,1H3,(H,8,11)(H,12,13). The van der Waals surface area contributed by atoms with Gasteiger partial charge >= 0.3 is 5.97 Å². The SMILES string of the molecule is COC(CNC(=O)c1cnsn1)C(=O)O. The summed E-state index contributed by atoms with van der Waals surface area (Å²) in [4.78, 5) is 21.8. The smallest absolute Gasteiger partial charge is 0.334 e. The summed E-state index contributed by atoms with van der Waals surface area (Å²) in [7, 11) is 1.26. The summed E-state index contributed by atoms with van der Waals surface area (Å²) in [5.41, 5.74) is 0.167. The summed E-state index contributed by atoms with van der Waals surface area (Å²) in [5, 5.41) is 11.0. The fraction of sp³-hybridized carbons (Fsp3) is 0.429. The number of aliphatic carboxylic acids is 1. The van der Waals surface area contributed by atoms with Crippen molar-refractivity contribution in [3.8, 4) is 0 Å². The second kappa shape index (κ2) is 5.37. The Balaban J connectivity index is 2.43. The van der Waals surface area contributed by atoms with Crippen molar-refractivity contribution < 1.29 is 19.4 Å². The van der Waals surface area contributed by atoms with Gasteiger partial charge in [-0.1, -0.05) is 0 Å². The van der Waals surface area contributed by atoms with E-state index in [9.17, 15) is 9.59 Å². The molecule has 1 heterocycles. The van der Waals surface area contributed by atoms with E-state index >= 15 is 0 Å². The Hall–Kier alpha value is -1.54. The highest BCUT2D eigenvalue weighted by molar-refractivity contribution is 6.99. The number of amides is 1. The molecule has 2 N–H and O–H groups in total. The van der Waals surface area contributed by atoms with E-state index in [1.54, 1.807) is 0 Å². The van der Waals surface area contributed by atoms with Gasteiger partial charge in [0.25, 0.3) is 5.91 Å². The molecule has 1 atom stereocenters. The van der Waals surface area contributed by atoms with Gasteiger partial charge in [-0.3, -0.25) is 4.79 Å². The maximum atomic E-state index is 11.3. The molecule has 8 heteroatoms. The summed E-state index contributed by atoms with van der Waals surface area (Å²) in [5.74, 6) is -1.60. The number of nitrogens with zero attached hydrogens (tertiary/aromatic N) is 2. The van der Waals surface area contributed by atoms with Crippen LogP contribution in [-0.4, -0.2) is 45.5 Å². The quantitative estimate of drug-likeness (QED) is 0.699. The third-order valence-corrected chi connectivity index (χ3v) is 2.08. The number of aromatic nitrogens is 2. The first-order chi connectivity index (χ1) is 7.15. The molecule has 0 aliphatic carbocycles. The summed E-state index contributed by atoms with van der Waals surface area (Å²) in [6.07, 6.45) is 0.253. The molecule has 0 fully saturated rings. The van der Waals surface area contributed by atoms with E-state index in [1.807, 2.05) is 0 Å². The number of methoxy groups -OCH3 is 1. The molecule has 15 heavy (non-hydrogen) atoms. The molecule has 0 aliphatic rings. The number of hydrogen-bond acceptors (Lipinski definition) is 6. The van der Waals surface area contributed by atoms with Crippen LogP contribution < -0.4 is 5.32 Å². The number of carbonyl (C=O) groups excluding carboxylic acids is 1. The van der Waals surface area contributed by atoms with Crippen LogP contribution in [-0.2, 0) is 9.53 Å². The van der Waals surface area contributed by atoms with Crippen molar-refractivity contribution in [1.29, 1.82) is 0 Å². The third-order valence-electron chi connectivity index (χ3n) is 1.60. The molecule has 0 saturated heterocycles. The number of carbonyl (C=O) groups is 2. The van der Waals surface area contributed by atoms with Crippen LogP contribution in [0.25, 0.3) is 0 Å². The Morgan fingerprint density at radius 1 is 1.73 bits per heavy atom. The summed E-state index contributed by atoms with van der Waals surface area (Å²) >= 11 is 0.906. The monoisotopic (exact) mass is 231 g/mol. The lowest BCUT2D eigenvalue weighted by atomic mass is 10.3. The highest BCUT2D eigenvalue weighted by atomic mass is 32.1. The topological polar surface area (TPSA) is 101 Å². The average molecular weight is 231 g/mol. The van der Waals surface area contributed by atoms with Crippen LogP contribution in [0, 0.1) is 0 Å². The molecular weight excluding hydrogens is 222 g/mol. The fourth-order valence-corrected chi connectivity index (χ4v) is 1.22. The van der Waals surface area contributed by atoms with Gasteiger partial charge in [0.1, 0.15) is 0 Å². The van der Waals surface area contributed by atoms with Crippen molar-refractivity contribution in [1.82, 2.24) is 14.1 Å². The molecule has 0 aromatic carbocycles. The van der Waals surface area contributed by atoms with Crippen LogP contribution in [0.3, 0.4) is 0 Å². The van der Waals surface area contributed by atoms with Crippen molar-refractivity contribution in [3.63, 3.8) is 0 Å². The number of rotatable bonds is 5. The van der Waals surface area contributed by atoms with E-state index in [0.29, 0.717) is 0 Å². The van der Waals surface area contributed by atoms with E-state index < -0.39 is 18.0 Å². The molecule has 82 valence electrons. The van der Waals surface area contributed by atoms with Crippen LogP contribution in [0.15, 0.2) is 6.20 Å². The highest BCUT2D eigenvalue weighted by Crippen LogP contribution is 1.95. The summed E-state index contributed by atoms with van der Waals surface area (Å²) in [6.45, 7) is -0.109. The first-order valence-electron chi connectivity index (χ1n) is 3.96. The van der Waals surface area contributed by atoms with Crippen molar-refractivity contribution in [2.24, 2.45) is 0 Å². The number of ether oxygens (including phenoxy) is 1. The lowest BCUT2D eigenvalue weighted by Crippen LogP contribution is -2.37. The van der Waals surface area contributed by atoms with E-state index in [4.69, 9.17) is 5.11 Å². The predicted molar refractivity (Wildman–Crippen MR) is 50.7 cm³/mol. The number of carboxylic acid groups (broad SMARTS) is 1. The van der Waals surface area contributed by atoms with Gasteiger partial charge in [-0.2, -0.15) is 8.75 Å². The van der Waals surface area contributed by atoms with E-state index in [1.165, 1.54) is 13.3 Å². The number of carboxylic acids is 1. The maximum Gasteiger partial charge on any atom is 0.334 e. The van der Waals surface area contributed by atoms with Crippen LogP contribution in [0.5, 0.6) is 0 Å². The van der Waals surface area contributed by atoms with Crippen molar-refractivity contribution in [2.45, 2.75) is 6.10 Å². The van der Waals surface area contributed by atoms with Gasteiger partial charge in [0, 0.05) is 7.11 Å². The van der Waals surface area contributed by atoms with Crippen molar-refractivity contribution in [3.05, 3.63) is 11.9 Å². The first kappa shape index (κ1) is 11.5. The zero-order valence-electron chi connectivity index (χ0n) is 7.84. The number of nitrogens with one attached hydrogen (secondary N) is 1. The average Bonchev–Trinajstić information content (AvgIpc) is 2.70. The largest absolute Gasteiger partial charge is 0.479 e. The lowest BCUT2D eigenvalue weighted by molar-refractivity contribution is -0.148. The molecule has 0 radical (unpaired) electrons. The molecular formula is C7H9N3O4S. The third kappa shape index (κ3) is 3.26. The first-order valence-corrected chi connectivity index (χ1v) is 4.69. The fourth-order valence-electron chi connectivity index (χ4n) is 0.812. The van der Waals surface area contributed by atoms with Gasteiger partial charge in [-0.15, -0.1) is 0 Å². The van der Waals surface area contributed by atoms with Gasteiger partial charge in [0.2, 0.25) is 0 Å². The molecule has 1 aromatic heterocycles. The normalized spacial score (nSPS) is 12.1. The Labute approximate surface area is 89.4 Å². The molecule has 1 aromatic rings. The lowest BCUT2D eigenvalue weighted by Gasteiger charge is -2.10. The molecule has 1 rings (SSSR count). The van der Waals surface area contributed by atoms with Gasteiger partial charge < -0.3 is 15.2 Å². The zero-order valence-corrected chi connectivity index (χ0v) is 8.65. The van der Waals surface area contributed by atoms with Crippen LogP contribution >= 0.6 is 11.7 Å². The molecule has 0 spiro atoms. The van der Waals surface area contributed by atoms with Gasteiger partial charge in [-0.25, -0.2) is 4.79 Å². The summed E-state index contributed by atoms with van der Waals surface area (Å²) in [6, 6.07) is 0. The molecule has 1 amide bonds. The van der Waals surface area contributed by atoms with Gasteiger partial charge in [-0.05, 0) is 0 Å². The molecule has 0 bridgehead atoms. The Morgan fingerprint density at radius 2 is 2.47 bits per heavy atom. The minimum Gasteiger partial charge on any atom is -0.479 e. The molecule has 0 aliphatic heterocycles. The van der Waals surface area contributed by atoms with Crippen LogP contribution in [0.2, 0.25) is 0 Å². The highest BCUT2D eigenvalue weighted by Gasteiger charge is 2.18. The second-order valence-corrected chi connectivity index (χ2v) is 3.12. The zero-order chi connectivity index (χ0) is 11.3. The van der Waals surface area contributed by atoms with Gasteiger partial charge in [0.15, 0.2) is 11.8 Å². The van der Waals surface area contributed by atoms with E-state index in [-0.39, 0.29) is 12.2 Å². The van der Waals surface area contributed by atoms with Crippen molar-refractivity contribution >= 4 is 23.6 Å². The molecule has 0 saturated carbocycles. The molecule has 1 unspecified atom stereocenters. The predicted octanol–water partition coefficient (Wildman–Crippen LogP) is -0.633. The van der Waals surface area contributed by atoms with Gasteiger partial charge in [0.05, 0.1) is 24.5 Å². The Bertz CT molecular complexity index is 340. The minimum absolute atomic E-state index is 0.109. The number of hydrogen-bond donors (Lipinski definition) is 2. The van der Waals surface area contributed by atoms with Crippen LogP contribution in [0.4, 0.5) is 0 Å². The Morgan fingerprint density at radius 3 is 2.93 bits per heavy atom. The Kier molecular flexibility index (Phi) is 4.13. The van der Waals surface area contributed by atoms with E-state index in [0.717, 1.165) is 11.7 Å². The van der Waals surface area contributed by atoms with E-state index in [2.05, 4.69) is 18.8 Å². The van der Waals surface area contributed by atoms with Crippen molar-refractivity contribution in [2.75, 3.05) is 13.7 Å². The van der Waals surface area contributed by atoms with Crippen LogP contribution in [0.1, 0.15) is 10.5 Å². The minimum atomic E-state index is -1.13. The summed E-state index contributed by atoms with van der Waals surface area (Å²) < 4.78 is 12.0. The second-order valence-electron chi connectivity index (χ2n) is 2.57. The molecule has 7 nitrogen and oxygen atoms in total. The maximum absolute atomic E-state index is 11.3.